The van der Waals surface area contributed by atoms with Crippen molar-refractivity contribution in [2.45, 2.75) is 31.5 Å². The van der Waals surface area contributed by atoms with Crippen molar-refractivity contribution in [2.75, 3.05) is 6.54 Å². The van der Waals surface area contributed by atoms with Gasteiger partial charge in [-0.05, 0) is 18.1 Å². The number of hydrazine groups is 1. The Morgan fingerprint density at radius 3 is 2.62 bits per heavy atom. The van der Waals surface area contributed by atoms with Gasteiger partial charge in [-0.2, -0.15) is 18.3 Å². The number of fused-ring (bicyclic) bond motifs is 2. The lowest BCUT2D eigenvalue weighted by molar-refractivity contribution is -0.132. The van der Waals surface area contributed by atoms with Gasteiger partial charge in [0.05, 0.1) is 6.04 Å². The molecule has 3 rings (SSSR count). The van der Waals surface area contributed by atoms with Gasteiger partial charge in [-0.25, -0.2) is 4.79 Å². The number of hydroxylamine groups is 2. The number of rotatable bonds is 6. The molecule has 5 amide bonds. The number of amides is 5. The van der Waals surface area contributed by atoms with Gasteiger partial charge in [0.25, 0.3) is 23.5 Å². The highest BCUT2D eigenvalue weighted by Crippen LogP contribution is 2.30. The molecule has 3 heterocycles. The average Bonchev–Trinajstić information content (AvgIpc) is 3.18. The van der Waals surface area contributed by atoms with E-state index in [9.17, 15) is 27.6 Å². The van der Waals surface area contributed by atoms with Crippen molar-refractivity contribution in [3.63, 3.8) is 0 Å². The Hall–Kier alpha value is -3.38. The van der Waals surface area contributed by atoms with Gasteiger partial charge in [-0.3, -0.25) is 29.8 Å². The fourth-order valence-corrected chi connectivity index (χ4v) is 3.28. The number of tetrazole rings is 1. The Morgan fingerprint density at radius 2 is 2.00 bits per heavy atom. The van der Waals surface area contributed by atoms with E-state index in [1.165, 1.54) is 0 Å². The summed E-state index contributed by atoms with van der Waals surface area (Å²) in [4.78, 5) is 49.1. The number of urea groups is 1. The number of nitrogens with one attached hydrogen (secondary N) is 2. The molecule has 1 aromatic heterocycles. The van der Waals surface area contributed by atoms with E-state index >= 15 is 0 Å². The summed E-state index contributed by atoms with van der Waals surface area (Å²) in [6.07, 6.45) is 0.388. The molecule has 0 aromatic carbocycles. The van der Waals surface area contributed by atoms with E-state index in [1.807, 2.05) is 0 Å². The highest BCUT2D eigenvalue weighted by Gasteiger charge is 2.49. The van der Waals surface area contributed by atoms with Crippen LogP contribution in [0.3, 0.4) is 0 Å². The molecule has 5 N–H and O–H groups in total. The quantitative estimate of drug-likeness (QED) is 0.249. The van der Waals surface area contributed by atoms with Gasteiger partial charge in [0.2, 0.25) is 0 Å². The van der Waals surface area contributed by atoms with E-state index in [1.54, 1.807) is 0 Å². The van der Waals surface area contributed by atoms with E-state index in [-0.39, 0.29) is 25.2 Å². The summed E-state index contributed by atoms with van der Waals surface area (Å²) < 4.78 is 34.7. The zero-order chi connectivity index (χ0) is 21.3. The number of primary amides is 1. The van der Waals surface area contributed by atoms with E-state index in [2.05, 4.69) is 30.5 Å². The van der Waals surface area contributed by atoms with Gasteiger partial charge in [0.1, 0.15) is 12.6 Å². The lowest BCUT2D eigenvalue weighted by atomic mass is 10.0. The number of carbonyl (C=O) groups excluding carboxylic acids is 4. The largest absolute Gasteiger partial charge is 0.418 e. The second kappa shape index (κ2) is 7.56. The van der Waals surface area contributed by atoms with Crippen LogP contribution in [-0.4, -0.2) is 85.5 Å². The van der Waals surface area contributed by atoms with Gasteiger partial charge in [0, 0.05) is 6.54 Å². The zero-order valence-corrected chi connectivity index (χ0v) is 15.3. The van der Waals surface area contributed by atoms with Crippen LogP contribution in [0.4, 0.5) is 4.79 Å². The van der Waals surface area contributed by atoms with E-state index in [0.29, 0.717) is 5.06 Å². The maximum absolute atomic E-state index is 12.3. The molecule has 2 aliphatic rings. The first-order valence-electron chi connectivity index (χ1n) is 7.98. The van der Waals surface area contributed by atoms with Gasteiger partial charge in [-0.15, -0.1) is 14.5 Å². The maximum Gasteiger partial charge on any atom is 0.418 e. The summed E-state index contributed by atoms with van der Waals surface area (Å²) in [6, 6.07) is -2.57. The van der Waals surface area contributed by atoms with Crippen LogP contribution in [0.5, 0.6) is 0 Å². The summed E-state index contributed by atoms with van der Waals surface area (Å²) in [7, 11) is -4.90. The molecular formula is C11H15N9O8S. The molecule has 2 fully saturated rings. The second-order valence-corrected chi connectivity index (χ2v) is 7.06. The normalized spacial score (nSPS) is 21.2. The summed E-state index contributed by atoms with van der Waals surface area (Å²) in [5, 5.41) is 10.8. The SMILES string of the molecule is NC(=O)c1nnn(CC(=O)NNC(=O)C2CCC3CN2C(=O)N3OS(=O)(=O)O)n1. The summed E-state index contributed by atoms with van der Waals surface area (Å²) in [6.45, 7) is -0.481. The molecule has 2 bridgehead atoms. The predicted molar refractivity (Wildman–Crippen MR) is 86.0 cm³/mol. The average molecular weight is 433 g/mol. The molecular weight excluding hydrogens is 418 g/mol. The number of nitrogens with two attached hydrogens (primary N) is 1. The first kappa shape index (κ1) is 20.4. The molecule has 0 saturated carbocycles. The molecule has 0 radical (unpaired) electrons. The minimum Gasteiger partial charge on any atom is -0.363 e. The zero-order valence-electron chi connectivity index (χ0n) is 14.5. The minimum absolute atomic E-state index is 0.000836. The standard InChI is InChI=1S/C11H15N9O8S/c12-8(22)9-14-17-19(16-9)4-7(21)13-15-10(23)6-2-1-5-3-18(6)11(24)20(5)28-29(25,26)27/h5-6H,1-4H2,(H2,12,22)(H,13,21)(H,15,23)(H,25,26,27). The van der Waals surface area contributed by atoms with Crippen LogP contribution in [0.2, 0.25) is 0 Å². The maximum atomic E-state index is 12.3. The fourth-order valence-electron chi connectivity index (χ4n) is 2.90. The number of aromatic nitrogens is 4. The molecule has 1 aromatic rings. The van der Waals surface area contributed by atoms with Crippen LogP contribution >= 0.6 is 0 Å². The number of piperidine rings is 1. The molecule has 0 aliphatic carbocycles. The lowest BCUT2D eigenvalue weighted by Gasteiger charge is -2.29. The van der Waals surface area contributed by atoms with Crippen molar-refractivity contribution in [3.05, 3.63) is 5.82 Å². The molecule has 29 heavy (non-hydrogen) atoms. The van der Waals surface area contributed by atoms with Crippen LogP contribution < -0.4 is 16.6 Å². The molecule has 18 heteroatoms. The molecule has 0 spiro atoms. The highest BCUT2D eigenvalue weighted by molar-refractivity contribution is 7.80. The lowest BCUT2D eigenvalue weighted by Crippen LogP contribution is -2.54. The highest BCUT2D eigenvalue weighted by atomic mass is 32.3. The molecule has 2 saturated heterocycles. The number of hydrogen-bond acceptors (Lipinski definition) is 10. The number of nitrogens with zero attached hydrogens (tertiary/aromatic N) is 6. The smallest absolute Gasteiger partial charge is 0.363 e. The van der Waals surface area contributed by atoms with Crippen LogP contribution in [0.1, 0.15) is 23.5 Å². The third kappa shape index (κ3) is 4.55. The third-order valence-corrected chi connectivity index (χ3v) is 4.43. The molecule has 2 unspecified atom stereocenters. The number of carbonyl (C=O) groups is 4. The van der Waals surface area contributed by atoms with Gasteiger partial charge >= 0.3 is 16.4 Å². The third-order valence-electron chi connectivity index (χ3n) is 4.08. The molecule has 158 valence electrons. The van der Waals surface area contributed by atoms with Crippen molar-refractivity contribution in [1.82, 2.24) is 41.0 Å². The van der Waals surface area contributed by atoms with E-state index in [4.69, 9.17) is 10.3 Å². The topological polar surface area (TPSA) is 232 Å². The second-order valence-electron chi connectivity index (χ2n) is 6.06. The number of hydrogen-bond donors (Lipinski definition) is 4. The monoisotopic (exact) mass is 433 g/mol. The van der Waals surface area contributed by atoms with E-state index < -0.39 is 52.8 Å². The molecule has 17 nitrogen and oxygen atoms in total. The molecule has 2 aliphatic heterocycles. The summed E-state index contributed by atoms with van der Waals surface area (Å²) in [5.41, 5.74) is 9.17. The van der Waals surface area contributed by atoms with Crippen LogP contribution in [0.25, 0.3) is 0 Å². The Morgan fingerprint density at radius 1 is 1.28 bits per heavy atom. The summed E-state index contributed by atoms with van der Waals surface area (Å²) >= 11 is 0. The fraction of sp³-hybridized carbons (Fsp3) is 0.545. The van der Waals surface area contributed by atoms with Crippen LogP contribution in [-0.2, 0) is 30.8 Å². The van der Waals surface area contributed by atoms with Crippen molar-refractivity contribution < 1.29 is 36.4 Å². The van der Waals surface area contributed by atoms with Crippen LogP contribution in [0.15, 0.2) is 0 Å². The molecule has 2 atom stereocenters. The van der Waals surface area contributed by atoms with Crippen molar-refractivity contribution >= 4 is 34.2 Å². The van der Waals surface area contributed by atoms with Crippen molar-refractivity contribution in [1.29, 1.82) is 0 Å². The van der Waals surface area contributed by atoms with Gasteiger partial charge in [-0.1, -0.05) is 0 Å². The Balaban J connectivity index is 1.54. The van der Waals surface area contributed by atoms with Crippen molar-refractivity contribution in [2.24, 2.45) is 5.73 Å². The minimum atomic E-state index is -4.90. The predicted octanol–water partition coefficient (Wildman–Crippen LogP) is -4.08. The first-order chi connectivity index (χ1) is 13.5. The van der Waals surface area contributed by atoms with Crippen LogP contribution in [0, 0.1) is 0 Å². The van der Waals surface area contributed by atoms with Crippen molar-refractivity contribution in [3.8, 4) is 0 Å². The van der Waals surface area contributed by atoms with Gasteiger partial charge < -0.3 is 10.6 Å². The van der Waals surface area contributed by atoms with Gasteiger partial charge in [0.15, 0.2) is 0 Å². The first-order valence-corrected chi connectivity index (χ1v) is 9.35. The van der Waals surface area contributed by atoms with E-state index in [0.717, 1.165) is 9.70 Å². The Bertz CT molecular complexity index is 961. The Kier molecular flexibility index (Phi) is 5.31. The Labute approximate surface area is 162 Å². The summed E-state index contributed by atoms with van der Waals surface area (Å²) in [5.74, 6) is -2.81.